The molecule has 2 aromatic carbocycles. The van der Waals surface area contributed by atoms with Crippen molar-refractivity contribution in [1.29, 1.82) is 0 Å². The largest absolute Gasteiger partial charge is 0.444 e. The number of ether oxygens (including phenoxy) is 1. The average Bonchev–Trinajstić information content (AvgIpc) is 2.45. The van der Waals surface area contributed by atoms with Crippen LogP contribution in [0, 0.1) is 0 Å². The van der Waals surface area contributed by atoms with E-state index in [9.17, 15) is 9.59 Å². The zero-order valence-electron chi connectivity index (χ0n) is 10.5. The second-order valence-corrected chi connectivity index (χ2v) is 4.51. The molecule has 2 rings (SSSR count). The molecule has 1 amide bonds. The number of halogens is 1. The summed E-state index contributed by atoms with van der Waals surface area (Å²) in [5, 5.41) is 2.89. The first-order chi connectivity index (χ1) is 9.67. The number of carbonyl (C=O) groups is 2. The fourth-order valence-corrected chi connectivity index (χ4v) is 1.87. The molecule has 1 N–H and O–H groups in total. The van der Waals surface area contributed by atoms with Crippen molar-refractivity contribution in [3.05, 3.63) is 64.7 Å². The number of anilines is 1. The number of rotatable bonds is 4. The number of hydrogen-bond donors (Lipinski definition) is 1. The van der Waals surface area contributed by atoms with Gasteiger partial charge in [-0.25, -0.2) is 4.79 Å². The smallest absolute Gasteiger partial charge is 0.411 e. The Morgan fingerprint density at radius 1 is 1.20 bits per heavy atom. The van der Waals surface area contributed by atoms with E-state index in [4.69, 9.17) is 16.3 Å². The standard InChI is InChI=1S/C15H12ClNO3/c16-13-6-12(9-18)7-14(8-13)17-15(19)20-10-11-4-2-1-3-5-11/h1-9H,10H2,(H,17,19). The van der Waals surface area contributed by atoms with Crippen LogP contribution in [0.1, 0.15) is 15.9 Å². The van der Waals surface area contributed by atoms with Crippen molar-refractivity contribution in [2.24, 2.45) is 0 Å². The zero-order chi connectivity index (χ0) is 14.4. The Labute approximate surface area is 121 Å². The number of aldehydes is 1. The molecule has 0 radical (unpaired) electrons. The Balaban J connectivity index is 1.94. The molecule has 0 aliphatic rings. The van der Waals surface area contributed by atoms with Crippen LogP contribution in [-0.2, 0) is 11.3 Å². The maximum absolute atomic E-state index is 11.6. The first-order valence-corrected chi connectivity index (χ1v) is 6.28. The predicted octanol–water partition coefficient (Wildman–Crippen LogP) is 3.90. The van der Waals surface area contributed by atoms with E-state index in [2.05, 4.69) is 5.32 Å². The lowest BCUT2D eigenvalue weighted by Crippen LogP contribution is -2.13. The van der Waals surface area contributed by atoms with Gasteiger partial charge in [-0.2, -0.15) is 0 Å². The number of carbonyl (C=O) groups excluding carboxylic acids is 2. The van der Waals surface area contributed by atoms with Crippen molar-refractivity contribution in [3.63, 3.8) is 0 Å². The van der Waals surface area contributed by atoms with E-state index in [1.54, 1.807) is 6.07 Å². The van der Waals surface area contributed by atoms with Crippen LogP contribution in [0.3, 0.4) is 0 Å². The zero-order valence-corrected chi connectivity index (χ0v) is 11.3. The number of benzene rings is 2. The molecule has 5 heteroatoms. The first kappa shape index (κ1) is 14.1. The fraction of sp³-hybridized carbons (Fsp3) is 0.0667. The van der Waals surface area contributed by atoms with E-state index in [1.165, 1.54) is 12.1 Å². The van der Waals surface area contributed by atoms with Crippen LogP contribution in [0.15, 0.2) is 48.5 Å². The monoisotopic (exact) mass is 289 g/mol. The Morgan fingerprint density at radius 2 is 1.95 bits per heavy atom. The molecule has 2 aromatic rings. The summed E-state index contributed by atoms with van der Waals surface area (Å²) in [4.78, 5) is 22.3. The third-order valence-electron chi connectivity index (χ3n) is 2.52. The van der Waals surface area contributed by atoms with Crippen molar-refractivity contribution >= 4 is 29.7 Å². The van der Waals surface area contributed by atoms with Gasteiger partial charge >= 0.3 is 6.09 Å². The molecule has 0 fully saturated rings. The molecular weight excluding hydrogens is 278 g/mol. The lowest BCUT2D eigenvalue weighted by Gasteiger charge is -2.08. The maximum Gasteiger partial charge on any atom is 0.411 e. The van der Waals surface area contributed by atoms with Crippen LogP contribution in [0.25, 0.3) is 0 Å². The van der Waals surface area contributed by atoms with E-state index in [0.29, 0.717) is 22.6 Å². The normalized spacial score (nSPS) is 9.85. The van der Waals surface area contributed by atoms with E-state index in [1.807, 2.05) is 30.3 Å². The maximum atomic E-state index is 11.6. The third kappa shape index (κ3) is 4.10. The van der Waals surface area contributed by atoms with Crippen molar-refractivity contribution in [3.8, 4) is 0 Å². The van der Waals surface area contributed by atoms with Crippen LogP contribution in [0.4, 0.5) is 10.5 Å². The molecule has 0 heterocycles. The Morgan fingerprint density at radius 3 is 2.65 bits per heavy atom. The molecule has 4 nitrogen and oxygen atoms in total. The molecule has 0 spiro atoms. The van der Waals surface area contributed by atoms with Gasteiger partial charge in [0.05, 0.1) is 0 Å². The van der Waals surface area contributed by atoms with E-state index in [0.717, 1.165) is 5.56 Å². The summed E-state index contributed by atoms with van der Waals surface area (Å²) in [5.41, 5.74) is 1.69. The number of hydrogen-bond acceptors (Lipinski definition) is 3. The third-order valence-corrected chi connectivity index (χ3v) is 2.73. The SMILES string of the molecule is O=Cc1cc(Cl)cc(NC(=O)OCc2ccccc2)c1. The minimum Gasteiger partial charge on any atom is -0.444 e. The van der Waals surface area contributed by atoms with Crippen LogP contribution < -0.4 is 5.32 Å². The topological polar surface area (TPSA) is 55.4 Å². The molecule has 0 aliphatic carbocycles. The van der Waals surface area contributed by atoms with Gasteiger partial charge in [-0.3, -0.25) is 10.1 Å². The summed E-state index contributed by atoms with van der Waals surface area (Å²) in [7, 11) is 0. The summed E-state index contributed by atoms with van der Waals surface area (Å²) in [6.07, 6.45) is 0.0554. The second-order valence-electron chi connectivity index (χ2n) is 4.08. The van der Waals surface area contributed by atoms with E-state index >= 15 is 0 Å². The van der Waals surface area contributed by atoms with Gasteiger partial charge in [0.25, 0.3) is 0 Å². The second kappa shape index (κ2) is 6.73. The Kier molecular flexibility index (Phi) is 4.74. The highest BCUT2D eigenvalue weighted by molar-refractivity contribution is 6.31. The molecule has 0 unspecified atom stereocenters. The van der Waals surface area contributed by atoms with Crippen molar-refractivity contribution in [1.82, 2.24) is 0 Å². The highest BCUT2D eigenvalue weighted by Crippen LogP contribution is 2.18. The van der Waals surface area contributed by atoms with Crippen molar-refractivity contribution < 1.29 is 14.3 Å². The lowest BCUT2D eigenvalue weighted by atomic mass is 10.2. The molecular formula is C15H12ClNO3. The average molecular weight is 290 g/mol. The molecule has 0 saturated carbocycles. The molecule has 0 atom stereocenters. The van der Waals surface area contributed by atoms with Gasteiger partial charge in [0.15, 0.2) is 0 Å². The minimum atomic E-state index is -0.604. The highest BCUT2D eigenvalue weighted by atomic mass is 35.5. The lowest BCUT2D eigenvalue weighted by molar-refractivity contribution is 0.112. The highest BCUT2D eigenvalue weighted by Gasteiger charge is 2.05. The van der Waals surface area contributed by atoms with Crippen molar-refractivity contribution in [2.75, 3.05) is 5.32 Å². The quantitative estimate of drug-likeness (QED) is 0.869. The van der Waals surface area contributed by atoms with Crippen molar-refractivity contribution in [2.45, 2.75) is 6.61 Å². The molecule has 0 saturated heterocycles. The summed E-state index contributed by atoms with van der Waals surface area (Å²) in [6.45, 7) is 0.174. The van der Waals surface area contributed by atoms with Gasteiger partial charge < -0.3 is 4.74 Å². The predicted molar refractivity (Wildman–Crippen MR) is 77.1 cm³/mol. The number of amides is 1. The van der Waals surface area contributed by atoms with Gasteiger partial charge in [0, 0.05) is 16.3 Å². The van der Waals surface area contributed by atoms with Gasteiger partial charge in [-0.05, 0) is 23.8 Å². The summed E-state index contributed by atoms with van der Waals surface area (Å²) >= 11 is 5.83. The van der Waals surface area contributed by atoms with Gasteiger partial charge in [-0.15, -0.1) is 0 Å². The first-order valence-electron chi connectivity index (χ1n) is 5.91. The number of nitrogens with one attached hydrogen (secondary N) is 1. The summed E-state index contributed by atoms with van der Waals surface area (Å²) in [5.74, 6) is 0. The minimum absolute atomic E-state index is 0.174. The molecule has 0 bridgehead atoms. The van der Waals surface area contributed by atoms with Crippen LogP contribution in [-0.4, -0.2) is 12.4 Å². The summed E-state index contributed by atoms with van der Waals surface area (Å²) in [6, 6.07) is 13.9. The van der Waals surface area contributed by atoms with Crippen LogP contribution >= 0.6 is 11.6 Å². The fourth-order valence-electron chi connectivity index (χ4n) is 1.63. The van der Waals surface area contributed by atoms with Crippen LogP contribution in [0.2, 0.25) is 5.02 Å². The molecule has 20 heavy (non-hydrogen) atoms. The molecule has 0 aromatic heterocycles. The van der Waals surface area contributed by atoms with Gasteiger partial charge in [-0.1, -0.05) is 41.9 Å². The van der Waals surface area contributed by atoms with E-state index < -0.39 is 6.09 Å². The van der Waals surface area contributed by atoms with Crippen LogP contribution in [0.5, 0.6) is 0 Å². The van der Waals surface area contributed by atoms with Gasteiger partial charge in [0.1, 0.15) is 12.9 Å². The summed E-state index contributed by atoms with van der Waals surface area (Å²) < 4.78 is 5.06. The molecule has 0 aliphatic heterocycles. The molecule has 102 valence electrons. The van der Waals surface area contributed by atoms with E-state index in [-0.39, 0.29) is 6.61 Å². The Hall–Kier alpha value is -2.33. The Bertz CT molecular complexity index is 614. The van der Waals surface area contributed by atoms with Gasteiger partial charge in [0.2, 0.25) is 0 Å².